The molecule has 0 radical (unpaired) electrons. The van der Waals surface area contributed by atoms with E-state index in [1.165, 1.54) is 0 Å². The quantitative estimate of drug-likeness (QED) is 0.473. The van der Waals surface area contributed by atoms with Crippen molar-refractivity contribution in [1.29, 1.82) is 0 Å². The van der Waals surface area contributed by atoms with Gasteiger partial charge in [0.05, 0.1) is 0 Å². The highest BCUT2D eigenvalue weighted by atomic mass is 16.3. The molecular weight excluding hydrogens is 338 g/mol. The predicted octanol–water partition coefficient (Wildman–Crippen LogP) is 3.79. The smallest absolute Gasteiger partial charge is 0.157 e. The summed E-state index contributed by atoms with van der Waals surface area (Å²) in [5, 5.41) is 13.6. The molecule has 0 fully saturated rings. The Balaban J connectivity index is 1.51. The Morgan fingerprint density at radius 1 is 1.04 bits per heavy atom. The summed E-state index contributed by atoms with van der Waals surface area (Å²) >= 11 is 0. The maximum atomic E-state index is 10.5. The van der Waals surface area contributed by atoms with Gasteiger partial charge in [0.25, 0.3) is 0 Å². The van der Waals surface area contributed by atoms with Crippen molar-refractivity contribution in [3.63, 3.8) is 0 Å². The van der Waals surface area contributed by atoms with Crippen LogP contribution < -0.4 is 10.2 Å². The van der Waals surface area contributed by atoms with Crippen LogP contribution in [0.5, 0.6) is 0 Å². The molecule has 1 atom stereocenters. The van der Waals surface area contributed by atoms with Gasteiger partial charge in [-0.15, -0.1) is 0 Å². The number of pyridine rings is 1. The lowest BCUT2D eigenvalue weighted by Crippen LogP contribution is -2.12. The van der Waals surface area contributed by atoms with Crippen molar-refractivity contribution in [1.82, 2.24) is 15.0 Å². The number of rotatable bonds is 5. The minimum Gasteiger partial charge on any atom is -0.378 e. The van der Waals surface area contributed by atoms with Crippen molar-refractivity contribution >= 4 is 22.5 Å². The molecule has 0 aliphatic carbocycles. The Kier molecular flexibility index (Phi) is 4.48. The molecule has 6 nitrogen and oxygen atoms in total. The number of aromatic amines is 1. The van der Waals surface area contributed by atoms with Gasteiger partial charge in [0.15, 0.2) is 11.9 Å². The summed E-state index contributed by atoms with van der Waals surface area (Å²) in [7, 11) is 3.95. The lowest BCUT2D eigenvalue weighted by Gasteiger charge is -2.18. The first-order valence-electron chi connectivity index (χ1n) is 8.73. The van der Waals surface area contributed by atoms with E-state index in [4.69, 9.17) is 0 Å². The molecule has 0 aliphatic heterocycles. The zero-order valence-corrected chi connectivity index (χ0v) is 15.2. The second kappa shape index (κ2) is 7.09. The van der Waals surface area contributed by atoms with Crippen molar-refractivity contribution in [2.45, 2.75) is 6.23 Å². The molecule has 1 unspecified atom stereocenters. The Labute approximate surface area is 157 Å². The van der Waals surface area contributed by atoms with Gasteiger partial charge in [-0.25, -0.2) is 9.97 Å². The highest BCUT2D eigenvalue weighted by Crippen LogP contribution is 2.24. The molecule has 2 aromatic carbocycles. The molecule has 0 aliphatic rings. The Morgan fingerprint density at radius 2 is 1.85 bits per heavy atom. The van der Waals surface area contributed by atoms with Crippen LogP contribution in [-0.2, 0) is 0 Å². The summed E-state index contributed by atoms with van der Waals surface area (Å²) in [6.45, 7) is 0. The maximum Gasteiger partial charge on any atom is 0.157 e. The fourth-order valence-electron chi connectivity index (χ4n) is 2.92. The van der Waals surface area contributed by atoms with Crippen molar-refractivity contribution in [3.05, 3.63) is 72.4 Å². The third-order valence-corrected chi connectivity index (χ3v) is 4.42. The molecule has 0 saturated carbocycles. The molecule has 4 rings (SSSR count). The summed E-state index contributed by atoms with van der Waals surface area (Å²) in [5.41, 5.74) is 5.26. The average molecular weight is 359 g/mol. The Hall–Kier alpha value is -3.38. The molecule has 27 heavy (non-hydrogen) atoms. The number of benzene rings is 2. The fraction of sp³-hybridized carbons (Fsp3) is 0.143. The van der Waals surface area contributed by atoms with Gasteiger partial charge in [0.2, 0.25) is 0 Å². The molecular formula is C21H21N5O. The first-order chi connectivity index (χ1) is 13.1. The number of fused-ring (bicyclic) bond motifs is 1. The van der Waals surface area contributed by atoms with Crippen molar-refractivity contribution in [2.75, 3.05) is 24.3 Å². The van der Waals surface area contributed by atoms with Crippen LogP contribution in [0.4, 0.5) is 11.4 Å². The van der Waals surface area contributed by atoms with Gasteiger partial charge in [-0.2, -0.15) is 0 Å². The van der Waals surface area contributed by atoms with Gasteiger partial charge in [-0.3, -0.25) is 0 Å². The van der Waals surface area contributed by atoms with Crippen molar-refractivity contribution in [3.8, 4) is 11.4 Å². The second-order valence-electron chi connectivity index (χ2n) is 6.57. The second-order valence-corrected chi connectivity index (χ2v) is 6.57. The van der Waals surface area contributed by atoms with Crippen LogP contribution in [0.2, 0.25) is 0 Å². The van der Waals surface area contributed by atoms with Crippen molar-refractivity contribution in [2.24, 2.45) is 0 Å². The van der Waals surface area contributed by atoms with E-state index in [2.05, 4.69) is 20.3 Å². The van der Waals surface area contributed by atoms with Crippen LogP contribution in [0.1, 0.15) is 11.8 Å². The standard InChI is InChI=1S/C21H21N5O/c1-26(2)17-6-3-5-15(13-17)21(27)23-16-10-8-14(9-11-16)19-24-18-7-4-12-22-20(18)25-19/h3-13,21,23,27H,1-2H3,(H,22,24,25). The first kappa shape index (κ1) is 17.1. The molecule has 3 N–H and O–H groups in total. The molecule has 0 saturated heterocycles. The van der Waals surface area contributed by atoms with Gasteiger partial charge < -0.3 is 20.3 Å². The number of aliphatic hydroxyl groups is 1. The minimum atomic E-state index is -0.786. The van der Waals surface area contributed by atoms with Crippen LogP contribution in [0, 0.1) is 0 Å². The number of hydrogen-bond donors (Lipinski definition) is 3. The molecule has 136 valence electrons. The summed E-state index contributed by atoms with van der Waals surface area (Å²) in [6, 6.07) is 19.4. The van der Waals surface area contributed by atoms with E-state index in [0.717, 1.165) is 39.5 Å². The zero-order valence-electron chi connectivity index (χ0n) is 15.2. The van der Waals surface area contributed by atoms with Gasteiger partial charge in [0.1, 0.15) is 11.3 Å². The van der Waals surface area contributed by atoms with Crippen LogP contribution >= 0.6 is 0 Å². The van der Waals surface area contributed by atoms with E-state index in [0.29, 0.717) is 0 Å². The summed E-state index contributed by atoms with van der Waals surface area (Å²) in [6.07, 6.45) is 0.954. The molecule has 2 heterocycles. The monoisotopic (exact) mass is 359 g/mol. The number of nitrogens with zero attached hydrogens (tertiary/aromatic N) is 3. The number of aromatic nitrogens is 3. The lowest BCUT2D eigenvalue weighted by atomic mass is 10.1. The highest BCUT2D eigenvalue weighted by molar-refractivity contribution is 5.75. The van der Waals surface area contributed by atoms with Crippen LogP contribution in [0.3, 0.4) is 0 Å². The van der Waals surface area contributed by atoms with Crippen LogP contribution in [0.25, 0.3) is 22.6 Å². The fourth-order valence-corrected chi connectivity index (χ4v) is 2.92. The average Bonchev–Trinajstić information content (AvgIpc) is 3.13. The molecule has 0 spiro atoms. The number of nitrogens with one attached hydrogen (secondary N) is 2. The first-order valence-corrected chi connectivity index (χ1v) is 8.73. The molecule has 0 bridgehead atoms. The Bertz CT molecular complexity index is 1020. The molecule has 6 heteroatoms. The predicted molar refractivity (Wildman–Crippen MR) is 109 cm³/mol. The van der Waals surface area contributed by atoms with E-state index >= 15 is 0 Å². The third kappa shape index (κ3) is 3.61. The SMILES string of the molecule is CN(C)c1cccc(C(O)Nc2ccc(-c3nc4cccnc4[nH]3)cc2)c1. The Morgan fingerprint density at radius 3 is 2.59 bits per heavy atom. The maximum absolute atomic E-state index is 10.5. The third-order valence-electron chi connectivity index (χ3n) is 4.42. The van der Waals surface area contributed by atoms with E-state index < -0.39 is 6.23 Å². The minimum absolute atomic E-state index is 0.769. The largest absolute Gasteiger partial charge is 0.378 e. The van der Waals surface area contributed by atoms with Crippen molar-refractivity contribution < 1.29 is 5.11 Å². The van der Waals surface area contributed by atoms with Gasteiger partial charge in [0, 0.05) is 42.8 Å². The molecule has 2 aromatic heterocycles. The van der Waals surface area contributed by atoms with Crippen LogP contribution in [-0.4, -0.2) is 34.2 Å². The highest BCUT2D eigenvalue weighted by Gasteiger charge is 2.10. The number of H-pyrrole nitrogens is 1. The van der Waals surface area contributed by atoms with E-state index in [9.17, 15) is 5.11 Å². The number of imidazole rings is 1. The van der Waals surface area contributed by atoms with Gasteiger partial charge in [-0.1, -0.05) is 12.1 Å². The molecule has 4 aromatic rings. The van der Waals surface area contributed by atoms with Crippen LogP contribution in [0.15, 0.2) is 66.9 Å². The summed E-state index contributed by atoms with van der Waals surface area (Å²) < 4.78 is 0. The number of anilines is 2. The normalized spacial score (nSPS) is 12.1. The topological polar surface area (TPSA) is 77.1 Å². The van der Waals surface area contributed by atoms with Gasteiger partial charge in [-0.05, 0) is 48.5 Å². The summed E-state index contributed by atoms with van der Waals surface area (Å²) in [4.78, 5) is 14.1. The van der Waals surface area contributed by atoms with E-state index in [1.807, 2.05) is 79.7 Å². The number of aliphatic hydroxyl groups excluding tert-OH is 1. The van der Waals surface area contributed by atoms with E-state index in [-0.39, 0.29) is 0 Å². The van der Waals surface area contributed by atoms with E-state index in [1.54, 1.807) is 6.20 Å². The molecule has 0 amide bonds. The summed E-state index contributed by atoms with van der Waals surface area (Å²) in [5.74, 6) is 0.773. The number of hydrogen-bond acceptors (Lipinski definition) is 5. The zero-order chi connectivity index (χ0) is 18.8. The van der Waals surface area contributed by atoms with Gasteiger partial charge >= 0.3 is 0 Å². The lowest BCUT2D eigenvalue weighted by molar-refractivity contribution is 0.208.